The fraction of sp³-hybridized carbons (Fsp3) is 0.586. The van der Waals surface area contributed by atoms with E-state index in [1.165, 1.54) is 51.3 Å². The Kier molecular flexibility index (Phi) is 9.45. The van der Waals surface area contributed by atoms with E-state index in [4.69, 9.17) is 4.99 Å². The summed E-state index contributed by atoms with van der Waals surface area (Å²) in [4.78, 5) is 12.3. The second-order valence-corrected chi connectivity index (χ2v) is 11.9. The van der Waals surface area contributed by atoms with E-state index >= 15 is 0 Å². The Balaban J connectivity index is 2.22. The molecule has 0 saturated heterocycles. The maximum atomic E-state index is 5.16. The summed E-state index contributed by atoms with van der Waals surface area (Å²) < 4.78 is 0. The molecule has 2 nitrogen and oxygen atoms in total. The first-order valence-electron chi connectivity index (χ1n) is 12.1. The average Bonchev–Trinajstić information content (AvgIpc) is 2.99. The lowest BCUT2D eigenvalue weighted by Crippen LogP contribution is -2.17. The predicted molar refractivity (Wildman–Crippen MR) is 145 cm³/mol. The molecule has 0 amide bonds. The minimum Gasteiger partial charge on any atom is -0.295 e. The minimum absolute atomic E-state index is 0.0680. The summed E-state index contributed by atoms with van der Waals surface area (Å²) in [6.07, 6.45) is 5.01. The summed E-state index contributed by atoms with van der Waals surface area (Å²) in [5.74, 6) is 0.765. The smallest absolute Gasteiger partial charge is 0.0852 e. The molecule has 0 aliphatic rings. The maximum absolute atomic E-state index is 5.16. The van der Waals surface area contributed by atoms with E-state index in [1.807, 2.05) is 18.4 Å². The van der Waals surface area contributed by atoms with Crippen LogP contribution in [0.3, 0.4) is 0 Å². The van der Waals surface area contributed by atoms with Gasteiger partial charge >= 0.3 is 0 Å². The number of hydrogen-bond donors (Lipinski definition) is 0. The highest BCUT2D eigenvalue weighted by Crippen LogP contribution is 2.31. The van der Waals surface area contributed by atoms with Gasteiger partial charge in [0.05, 0.1) is 11.8 Å². The summed E-state index contributed by atoms with van der Waals surface area (Å²) in [6, 6.07) is 9.20. The van der Waals surface area contributed by atoms with Crippen molar-refractivity contribution in [3.8, 4) is 0 Å². The van der Waals surface area contributed by atoms with Crippen molar-refractivity contribution in [2.45, 2.75) is 94.0 Å². The Morgan fingerprint density at radius 1 is 0.969 bits per heavy atom. The molecule has 0 bridgehead atoms. The van der Waals surface area contributed by atoms with Crippen molar-refractivity contribution >= 4 is 22.8 Å². The van der Waals surface area contributed by atoms with Crippen LogP contribution in [-0.4, -0.2) is 24.5 Å². The van der Waals surface area contributed by atoms with E-state index in [0.717, 1.165) is 23.8 Å². The van der Waals surface area contributed by atoms with Gasteiger partial charge in [0.15, 0.2) is 0 Å². The van der Waals surface area contributed by atoms with E-state index in [9.17, 15) is 0 Å². The standard InChI is InChI=1S/C29H44N2S/c1-19(29(7,8)9)13-11-12-14-25-15-17-26(18-16-25)28(31-22(4)21(3)30-10)27-20(2)23(5)32-24(27)6/h15-19,22H,11-14H2,1-10H3. The van der Waals surface area contributed by atoms with Crippen LogP contribution in [-0.2, 0) is 6.42 Å². The van der Waals surface area contributed by atoms with Gasteiger partial charge in [-0.1, -0.05) is 64.8 Å². The molecule has 1 aromatic heterocycles. The number of rotatable bonds is 9. The molecule has 0 N–H and O–H groups in total. The molecule has 0 aliphatic carbocycles. The lowest BCUT2D eigenvalue weighted by Gasteiger charge is -2.27. The molecule has 1 heterocycles. The molecule has 32 heavy (non-hydrogen) atoms. The van der Waals surface area contributed by atoms with Crippen LogP contribution in [0.5, 0.6) is 0 Å². The molecular formula is C29H44N2S. The first kappa shape index (κ1) is 26.5. The van der Waals surface area contributed by atoms with E-state index in [2.05, 4.69) is 91.6 Å². The Hall–Kier alpha value is -1.74. The van der Waals surface area contributed by atoms with Gasteiger partial charge in [0.1, 0.15) is 0 Å². The molecule has 3 heteroatoms. The van der Waals surface area contributed by atoms with Crippen LogP contribution in [0.25, 0.3) is 0 Å². The van der Waals surface area contributed by atoms with Crippen molar-refractivity contribution in [2.24, 2.45) is 21.3 Å². The number of hydrogen-bond acceptors (Lipinski definition) is 3. The van der Waals surface area contributed by atoms with Crippen LogP contribution in [0.1, 0.15) is 92.8 Å². The number of nitrogens with zero attached hydrogens (tertiary/aromatic N) is 2. The molecule has 2 atom stereocenters. The lowest BCUT2D eigenvalue weighted by atomic mass is 9.79. The Labute approximate surface area is 201 Å². The minimum atomic E-state index is 0.0680. The van der Waals surface area contributed by atoms with Crippen molar-refractivity contribution in [3.05, 3.63) is 56.3 Å². The summed E-state index contributed by atoms with van der Waals surface area (Å²) in [5, 5.41) is 0. The van der Waals surface area contributed by atoms with Crippen molar-refractivity contribution in [1.29, 1.82) is 0 Å². The highest BCUT2D eigenvalue weighted by Gasteiger charge is 2.20. The molecule has 0 aliphatic heterocycles. The Bertz CT molecular complexity index is 939. The molecule has 0 saturated carbocycles. The highest BCUT2D eigenvalue weighted by molar-refractivity contribution is 7.12. The van der Waals surface area contributed by atoms with Crippen LogP contribution in [0.2, 0.25) is 0 Å². The average molecular weight is 453 g/mol. The van der Waals surface area contributed by atoms with E-state index < -0.39 is 0 Å². The molecule has 1 aromatic carbocycles. The summed E-state index contributed by atoms with van der Waals surface area (Å²) in [6.45, 7) is 20.3. The van der Waals surface area contributed by atoms with E-state index in [-0.39, 0.29) is 6.04 Å². The zero-order valence-electron chi connectivity index (χ0n) is 22.1. The number of benzene rings is 1. The SMILES string of the molecule is CN=C(C)C(C)N=C(c1ccc(CCCCC(C)C(C)(C)C)cc1)c1c(C)sc(C)c1C. The zero-order valence-corrected chi connectivity index (χ0v) is 22.9. The third-order valence-electron chi connectivity index (χ3n) is 7.14. The molecule has 2 rings (SSSR count). The fourth-order valence-electron chi connectivity index (χ4n) is 3.94. The van der Waals surface area contributed by atoms with Crippen LogP contribution in [0.4, 0.5) is 0 Å². The largest absolute Gasteiger partial charge is 0.295 e. The van der Waals surface area contributed by atoms with Gasteiger partial charge in [0, 0.05) is 33.6 Å². The van der Waals surface area contributed by atoms with Gasteiger partial charge in [-0.25, -0.2) is 0 Å². The monoisotopic (exact) mass is 452 g/mol. The first-order valence-corrected chi connectivity index (χ1v) is 12.9. The molecule has 2 unspecified atom stereocenters. The molecule has 176 valence electrons. The third kappa shape index (κ3) is 6.88. The van der Waals surface area contributed by atoms with E-state index in [1.54, 1.807) is 0 Å². The third-order valence-corrected chi connectivity index (χ3v) is 8.26. The van der Waals surface area contributed by atoms with Crippen LogP contribution >= 0.6 is 11.3 Å². The van der Waals surface area contributed by atoms with Crippen LogP contribution in [0, 0.1) is 32.1 Å². The second kappa shape index (κ2) is 11.4. The Morgan fingerprint density at radius 2 is 1.59 bits per heavy atom. The normalized spacial score (nSPS) is 15.2. The van der Waals surface area contributed by atoms with Crippen molar-refractivity contribution in [3.63, 3.8) is 0 Å². The zero-order chi connectivity index (χ0) is 24.1. The van der Waals surface area contributed by atoms with Gasteiger partial charge in [-0.3, -0.25) is 9.98 Å². The lowest BCUT2D eigenvalue weighted by molar-refractivity contribution is 0.241. The number of aliphatic imine (C=N–C) groups is 2. The van der Waals surface area contributed by atoms with Crippen molar-refractivity contribution in [2.75, 3.05) is 7.05 Å². The fourth-order valence-corrected chi connectivity index (χ4v) is 5.01. The second-order valence-electron chi connectivity index (χ2n) is 10.4. The van der Waals surface area contributed by atoms with Gasteiger partial charge in [0.2, 0.25) is 0 Å². The maximum Gasteiger partial charge on any atom is 0.0852 e. The quantitative estimate of drug-likeness (QED) is 0.269. The van der Waals surface area contributed by atoms with Crippen LogP contribution in [0.15, 0.2) is 34.3 Å². The molecular weight excluding hydrogens is 408 g/mol. The first-order chi connectivity index (χ1) is 15.0. The van der Waals surface area contributed by atoms with Crippen molar-refractivity contribution in [1.82, 2.24) is 0 Å². The van der Waals surface area contributed by atoms with Gasteiger partial charge in [-0.2, -0.15) is 0 Å². The van der Waals surface area contributed by atoms with Crippen molar-refractivity contribution < 1.29 is 0 Å². The summed E-state index contributed by atoms with van der Waals surface area (Å²) >= 11 is 1.87. The van der Waals surface area contributed by atoms with Crippen LogP contribution < -0.4 is 0 Å². The molecule has 0 spiro atoms. The van der Waals surface area contributed by atoms with Gasteiger partial charge in [-0.05, 0) is 69.9 Å². The molecule has 2 aromatic rings. The predicted octanol–water partition coefficient (Wildman–Crippen LogP) is 8.38. The number of thiophene rings is 1. The summed E-state index contributed by atoms with van der Waals surface area (Å²) in [7, 11) is 1.85. The summed E-state index contributed by atoms with van der Waals surface area (Å²) in [5.41, 5.74) is 7.84. The van der Waals surface area contributed by atoms with Gasteiger partial charge in [0.25, 0.3) is 0 Å². The number of aryl methyl sites for hydroxylation is 3. The number of unbranched alkanes of at least 4 members (excludes halogenated alkanes) is 1. The van der Waals surface area contributed by atoms with Gasteiger partial charge < -0.3 is 0 Å². The highest BCUT2D eigenvalue weighted by atomic mass is 32.1. The van der Waals surface area contributed by atoms with Gasteiger partial charge in [-0.15, -0.1) is 11.3 Å². The topological polar surface area (TPSA) is 24.7 Å². The molecule has 0 fully saturated rings. The Morgan fingerprint density at radius 3 is 2.09 bits per heavy atom. The molecule has 0 radical (unpaired) electrons. The van der Waals surface area contributed by atoms with E-state index in [0.29, 0.717) is 5.41 Å².